The van der Waals surface area contributed by atoms with E-state index in [0.29, 0.717) is 23.8 Å². The number of carbonyl (C=O) groups excluding carboxylic acids is 2. The summed E-state index contributed by atoms with van der Waals surface area (Å²) in [4.78, 5) is 25.6. The molecule has 2 N–H and O–H groups in total. The molecule has 1 saturated heterocycles. The lowest BCUT2D eigenvalue weighted by Gasteiger charge is -2.17. The summed E-state index contributed by atoms with van der Waals surface area (Å²) in [6.07, 6.45) is 0.177. The molecule has 0 aromatic heterocycles. The van der Waals surface area contributed by atoms with E-state index in [2.05, 4.69) is 10.6 Å². The van der Waals surface area contributed by atoms with Crippen molar-refractivity contribution in [3.05, 3.63) is 64.9 Å². The molecular weight excluding hydrogens is 345 g/mol. The SMILES string of the molecule is O=C(NCc1ccccc1Cl)N[C@H]1CC(=O)N(c2cccc(F)c2)C1. The van der Waals surface area contributed by atoms with Crippen LogP contribution in [0.4, 0.5) is 14.9 Å². The average molecular weight is 362 g/mol. The molecule has 1 fully saturated rings. The molecule has 1 atom stereocenters. The van der Waals surface area contributed by atoms with Gasteiger partial charge in [0.25, 0.3) is 0 Å². The van der Waals surface area contributed by atoms with Crippen LogP contribution in [0.1, 0.15) is 12.0 Å². The van der Waals surface area contributed by atoms with Crippen molar-refractivity contribution < 1.29 is 14.0 Å². The van der Waals surface area contributed by atoms with E-state index in [9.17, 15) is 14.0 Å². The van der Waals surface area contributed by atoms with Gasteiger partial charge in [0, 0.05) is 30.2 Å². The standard InChI is InChI=1S/C18H17ClFN3O2/c19-16-7-2-1-4-12(16)10-21-18(25)22-14-9-17(24)23(11-14)15-6-3-5-13(20)8-15/h1-8,14H,9-11H2,(H2,21,22,25)/t14-/m0/s1. The van der Waals surface area contributed by atoms with E-state index in [1.54, 1.807) is 18.2 Å². The molecule has 3 rings (SSSR count). The Kier molecular flexibility index (Phi) is 5.19. The Morgan fingerprint density at radius 3 is 2.80 bits per heavy atom. The van der Waals surface area contributed by atoms with E-state index in [1.165, 1.54) is 17.0 Å². The summed E-state index contributed by atoms with van der Waals surface area (Å²) >= 11 is 6.04. The second-order valence-corrected chi connectivity index (χ2v) is 6.21. The van der Waals surface area contributed by atoms with Gasteiger partial charge in [0.05, 0.1) is 6.04 Å². The van der Waals surface area contributed by atoms with Crippen LogP contribution < -0.4 is 15.5 Å². The van der Waals surface area contributed by atoms with Gasteiger partial charge >= 0.3 is 6.03 Å². The van der Waals surface area contributed by atoms with Gasteiger partial charge in [-0.2, -0.15) is 0 Å². The van der Waals surface area contributed by atoms with Gasteiger partial charge in [-0.05, 0) is 29.8 Å². The molecule has 0 radical (unpaired) electrons. The van der Waals surface area contributed by atoms with Gasteiger partial charge in [0.15, 0.2) is 0 Å². The zero-order valence-electron chi connectivity index (χ0n) is 13.3. The summed E-state index contributed by atoms with van der Waals surface area (Å²) in [6, 6.07) is 12.4. The lowest BCUT2D eigenvalue weighted by molar-refractivity contribution is -0.117. The van der Waals surface area contributed by atoms with E-state index >= 15 is 0 Å². The highest BCUT2D eigenvalue weighted by molar-refractivity contribution is 6.31. The number of nitrogens with one attached hydrogen (secondary N) is 2. The van der Waals surface area contributed by atoms with Gasteiger partial charge in [-0.15, -0.1) is 0 Å². The maximum absolute atomic E-state index is 13.3. The molecule has 0 aliphatic carbocycles. The van der Waals surface area contributed by atoms with E-state index in [-0.39, 0.29) is 24.4 Å². The summed E-state index contributed by atoms with van der Waals surface area (Å²) in [5.41, 5.74) is 1.30. The maximum Gasteiger partial charge on any atom is 0.315 e. The average Bonchev–Trinajstić information content (AvgIpc) is 2.94. The highest BCUT2D eigenvalue weighted by Gasteiger charge is 2.31. The number of nitrogens with zero attached hydrogens (tertiary/aromatic N) is 1. The van der Waals surface area contributed by atoms with Crippen LogP contribution in [0, 0.1) is 5.82 Å². The number of urea groups is 1. The van der Waals surface area contributed by atoms with E-state index in [4.69, 9.17) is 11.6 Å². The first-order valence-corrected chi connectivity index (χ1v) is 8.24. The van der Waals surface area contributed by atoms with Gasteiger partial charge in [0.1, 0.15) is 5.82 Å². The topological polar surface area (TPSA) is 61.4 Å². The number of benzene rings is 2. The van der Waals surface area contributed by atoms with Crippen molar-refractivity contribution in [2.75, 3.05) is 11.4 Å². The normalized spacial score (nSPS) is 16.8. The monoisotopic (exact) mass is 361 g/mol. The van der Waals surface area contributed by atoms with E-state index < -0.39 is 5.82 Å². The Balaban J connectivity index is 1.54. The number of amides is 3. The summed E-state index contributed by atoms with van der Waals surface area (Å²) < 4.78 is 13.3. The first kappa shape index (κ1) is 17.2. The van der Waals surface area contributed by atoms with Crippen molar-refractivity contribution in [2.45, 2.75) is 19.0 Å². The molecular formula is C18H17ClFN3O2. The third-order valence-corrected chi connectivity index (χ3v) is 4.35. The van der Waals surface area contributed by atoms with Crippen molar-refractivity contribution in [2.24, 2.45) is 0 Å². The Morgan fingerprint density at radius 2 is 2.04 bits per heavy atom. The minimum atomic E-state index is -0.404. The van der Waals surface area contributed by atoms with Gasteiger partial charge < -0.3 is 15.5 Å². The summed E-state index contributed by atoms with van der Waals surface area (Å²) in [5, 5.41) is 6.06. The largest absolute Gasteiger partial charge is 0.334 e. The minimum absolute atomic E-state index is 0.151. The highest BCUT2D eigenvalue weighted by Crippen LogP contribution is 2.22. The minimum Gasteiger partial charge on any atom is -0.334 e. The van der Waals surface area contributed by atoms with Crippen LogP contribution >= 0.6 is 11.6 Å². The molecule has 0 spiro atoms. The second-order valence-electron chi connectivity index (χ2n) is 5.80. The number of hydrogen-bond donors (Lipinski definition) is 2. The van der Waals surface area contributed by atoms with Crippen LogP contribution in [0.5, 0.6) is 0 Å². The lowest BCUT2D eigenvalue weighted by atomic mass is 10.2. The second kappa shape index (κ2) is 7.53. The molecule has 7 heteroatoms. The maximum atomic E-state index is 13.3. The molecule has 2 aromatic carbocycles. The third-order valence-electron chi connectivity index (χ3n) is 3.98. The summed E-state index contributed by atoms with van der Waals surface area (Å²) in [5.74, 6) is -0.554. The quantitative estimate of drug-likeness (QED) is 0.879. The van der Waals surface area contributed by atoms with Crippen LogP contribution in [0.3, 0.4) is 0 Å². The summed E-state index contributed by atoms with van der Waals surface area (Å²) in [6.45, 7) is 0.599. The number of rotatable bonds is 4. The van der Waals surface area contributed by atoms with E-state index in [1.807, 2.05) is 18.2 Å². The van der Waals surface area contributed by atoms with Gasteiger partial charge in [-0.1, -0.05) is 35.9 Å². The molecule has 3 amide bonds. The molecule has 1 aliphatic rings. The predicted octanol–water partition coefficient (Wildman–Crippen LogP) is 3.08. The fraction of sp³-hybridized carbons (Fsp3) is 0.222. The number of hydrogen-bond acceptors (Lipinski definition) is 2. The molecule has 0 unspecified atom stereocenters. The van der Waals surface area contributed by atoms with Crippen LogP contribution in [0.15, 0.2) is 48.5 Å². The Bertz CT molecular complexity index is 799. The first-order chi connectivity index (χ1) is 12.0. The van der Waals surface area contributed by atoms with Crippen LogP contribution in [0.25, 0.3) is 0 Å². The molecule has 1 aliphatic heterocycles. The van der Waals surface area contributed by atoms with E-state index in [0.717, 1.165) is 5.56 Å². The molecule has 1 heterocycles. The Morgan fingerprint density at radius 1 is 1.24 bits per heavy atom. The number of anilines is 1. The molecule has 25 heavy (non-hydrogen) atoms. The van der Waals surface area contributed by atoms with Crippen LogP contribution in [0.2, 0.25) is 5.02 Å². The van der Waals surface area contributed by atoms with Crippen LogP contribution in [-0.4, -0.2) is 24.5 Å². The zero-order valence-corrected chi connectivity index (χ0v) is 14.1. The molecule has 130 valence electrons. The van der Waals surface area contributed by atoms with Crippen LogP contribution in [-0.2, 0) is 11.3 Å². The van der Waals surface area contributed by atoms with Crippen molar-refractivity contribution in [1.29, 1.82) is 0 Å². The predicted molar refractivity (Wildman–Crippen MR) is 94.0 cm³/mol. The van der Waals surface area contributed by atoms with Crippen molar-refractivity contribution in [1.82, 2.24) is 10.6 Å². The first-order valence-electron chi connectivity index (χ1n) is 7.86. The highest BCUT2D eigenvalue weighted by atomic mass is 35.5. The fourth-order valence-electron chi connectivity index (χ4n) is 2.75. The van der Waals surface area contributed by atoms with Crippen molar-refractivity contribution >= 4 is 29.2 Å². The zero-order chi connectivity index (χ0) is 17.8. The van der Waals surface area contributed by atoms with Gasteiger partial charge in [0.2, 0.25) is 5.91 Å². The van der Waals surface area contributed by atoms with Crippen molar-refractivity contribution in [3.8, 4) is 0 Å². The lowest BCUT2D eigenvalue weighted by Crippen LogP contribution is -2.43. The molecule has 0 bridgehead atoms. The smallest absolute Gasteiger partial charge is 0.315 e. The van der Waals surface area contributed by atoms with Gasteiger partial charge in [-0.25, -0.2) is 9.18 Å². The fourth-order valence-corrected chi connectivity index (χ4v) is 2.95. The number of halogens is 2. The van der Waals surface area contributed by atoms with Gasteiger partial charge in [-0.3, -0.25) is 4.79 Å². The Hall–Kier alpha value is -2.60. The van der Waals surface area contributed by atoms with Crippen molar-refractivity contribution in [3.63, 3.8) is 0 Å². The third kappa shape index (κ3) is 4.28. The molecule has 5 nitrogen and oxygen atoms in total. The Labute approximate surface area is 149 Å². The molecule has 2 aromatic rings. The molecule has 0 saturated carbocycles. The summed E-state index contributed by atoms with van der Waals surface area (Å²) in [7, 11) is 0. The number of carbonyl (C=O) groups is 2.